The highest BCUT2D eigenvalue weighted by molar-refractivity contribution is 14.0. The maximum atomic E-state index is 5.89. The number of hydrogen-bond donors (Lipinski definition) is 1. The number of aliphatic imine (C=N–C) groups is 1. The minimum absolute atomic E-state index is 0. The van der Waals surface area contributed by atoms with Crippen LogP contribution in [0.4, 0.5) is 0 Å². The van der Waals surface area contributed by atoms with Gasteiger partial charge in [0.2, 0.25) is 0 Å². The van der Waals surface area contributed by atoms with Gasteiger partial charge in [0.1, 0.15) is 11.3 Å². The van der Waals surface area contributed by atoms with Gasteiger partial charge >= 0.3 is 0 Å². The van der Waals surface area contributed by atoms with Gasteiger partial charge in [0.25, 0.3) is 0 Å². The second-order valence-corrected chi connectivity index (χ2v) is 7.21. The van der Waals surface area contributed by atoms with Gasteiger partial charge in [-0.3, -0.25) is 4.99 Å². The third kappa shape index (κ3) is 4.17. The van der Waals surface area contributed by atoms with E-state index in [4.69, 9.17) is 14.1 Å². The summed E-state index contributed by atoms with van der Waals surface area (Å²) in [4.78, 5) is 7.25. The predicted octanol–water partition coefficient (Wildman–Crippen LogP) is 3.67. The number of halogens is 1. The van der Waals surface area contributed by atoms with E-state index in [-0.39, 0.29) is 24.0 Å². The van der Waals surface area contributed by atoms with Gasteiger partial charge < -0.3 is 19.4 Å². The fourth-order valence-corrected chi connectivity index (χ4v) is 3.95. The zero-order valence-electron chi connectivity index (χ0n) is 15.4. The van der Waals surface area contributed by atoms with Crippen molar-refractivity contribution in [1.29, 1.82) is 0 Å². The first kappa shape index (κ1) is 19.5. The van der Waals surface area contributed by atoms with Crippen molar-refractivity contribution < 1.29 is 9.15 Å². The first-order valence-corrected chi connectivity index (χ1v) is 9.36. The smallest absolute Gasteiger partial charge is 0.193 e. The summed E-state index contributed by atoms with van der Waals surface area (Å²) in [6.07, 6.45) is 3.22. The van der Waals surface area contributed by atoms with E-state index in [1.165, 1.54) is 12.8 Å². The summed E-state index contributed by atoms with van der Waals surface area (Å²) in [6.45, 7) is 7.70. The lowest BCUT2D eigenvalue weighted by atomic mass is 9.87. The SMILES string of the molecule is CCNC(=NCCc1cc2ccccc2o1)N1CCC2(CCOC2)C1.I. The van der Waals surface area contributed by atoms with Gasteiger partial charge in [-0.15, -0.1) is 24.0 Å². The van der Waals surface area contributed by atoms with Crippen LogP contribution in [0.2, 0.25) is 0 Å². The van der Waals surface area contributed by atoms with Gasteiger partial charge in [0, 0.05) is 50.0 Å². The normalized spacial score (nSPS) is 23.0. The number of furan rings is 1. The van der Waals surface area contributed by atoms with Gasteiger partial charge in [-0.05, 0) is 31.9 Å². The van der Waals surface area contributed by atoms with Crippen molar-refractivity contribution in [1.82, 2.24) is 10.2 Å². The molecule has 1 unspecified atom stereocenters. The quantitative estimate of drug-likeness (QED) is 0.422. The summed E-state index contributed by atoms with van der Waals surface area (Å²) < 4.78 is 11.5. The fraction of sp³-hybridized carbons (Fsp3) is 0.550. The van der Waals surface area contributed by atoms with Crippen molar-refractivity contribution >= 4 is 40.9 Å². The van der Waals surface area contributed by atoms with E-state index in [9.17, 15) is 0 Å². The molecule has 1 aromatic heterocycles. The molecule has 5 nitrogen and oxygen atoms in total. The van der Waals surface area contributed by atoms with Crippen LogP contribution in [-0.2, 0) is 11.2 Å². The molecule has 0 aliphatic carbocycles. The molecule has 0 bridgehead atoms. The lowest BCUT2D eigenvalue weighted by Crippen LogP contribution is -2.41. The number of ether oxygens (including phenoxy) is 1. The highest BCUT2D eigenvalue weighted by Gasteiger charge is 2.42. The number of rotatable bonds is 4. The Kier molecular flexibility index (Phi) is 6.45. The van der Waals surface area contributed by atoms with Crippen LogP contribution in [0.25, 0.3) is 11.0 Å². The third-order valence-electron chi connectivity index (χ3n) is 5.35. The van der Waals surface area contributed by atoms with Crippen molar-refractivity contribution in [3.63, 3.8) is 0 Å². The van der Waals surface area contributed by atoms with Gasteiger partial charge in [-0.2, -0.15) is 0 Å². The molecule has 0 amide bonds. The van der Waals surface area contributed by atoms with Crippen LogP contribution in [0.3, 0.4) is 0 Å². The maximum Gasteiger partial charge on any atom is 0.193 e. The van der Waals surface area contributed by atoms with Crippen molar-refractivity contribution in [3.8, 4) is 0 Å². The standard InChI is InChI=1S/C20H27N3O2.HI/c1-2-21-19(23-11-8-20(14-23)9-12-24-15-20)22-10-7-17-13-16-5-3-4-6-18(16)25-17;/h3-6,13H,2,7-12,14-15H2,1H3,(H,21,22);1H. The molecule has 2 aliphatic heterocycles. The Morgan fingerprint density at radius 2 is 2.19 bits per heavy atom. The average molecular weight is 469 g/mol. The molecule has 1 aromatic carbocycles. The lowest BCUT2D eigenvalue weighted by Gasteiger charge is -2.24. The molecule has 2 aliphatic rings. The van der Waals surface area contributed by atoms with Crippen LogP contribution < -0.4 is 5.32 Å². The molecule has 6 heteroatoms. The van der Waals surface area contributed by atoms with Crippen molar-refractivity contribution in [2.24, 2.45) is 10.4 Å². The molecule has 0 radical (unpaired) electrons. The summed E-state index contributed by atoms with van der Waals surface area (Å²) in [5.41, 5.74) is 1.31. The first-order valence-electron chi connectivity index (χ1n) is 9.36. The molecule has 2 aromatic rings. The fourth-order valence-electron chi connectivity index (χ4n) is 3.95. The largest absolute Gasteiger partial charge is 0.461 e. The van der Waals surface area contributed by atoms with E-state index in [1.54, 1.807) is 0 Å². The van der Waals surface area contributed by atoms with Crippen molar-refractivity contribution in [2.45, 2.75) is 26.2 Å². The minimum Gasteiger partial charge on any atom is -0.461 e. The number of guanidine groups is 1. The second kappa shape index (κ2) is 8.61. The van der Waals surface area contributed by atoms with Crippen LogP contribution in [0.15, 0.2) is 39.7 Å². The van der Waals surface area contributed by atoms with Crippen LogP contribution in [0.5, 0.6) is 0 Å². The molecule has 2 fully saturated rings. The number of nitrogens with one attached hydrogen (secondary N) is 1. The van der Waals surface area contributed by atoms with Crippen molar-refractivity contribution in [3.05, 3.63) is 36.1 Å². The van der Waals surface area contributed by atoms with E-state index < -0.39 is 0 Å². The van der Waals surface area contributed by atoms with E-state index >= 15 is 0 Å². The molecule has 0 saturated carbocycles. The Bertz CT molecular complexity index is 719. The summed E-state index contributed by atoms with van der Waals surface area (Å²) in [6, 6.07) is 10.3. The van der Waals surface area contributed by atoms with Crippen LogP contribution in [0, 0.1) is 5.41 Å². The van der Waals surface area contributed by atoms with Crippen molar-refractivity contribution in [2.75, 3.05) is 39.4 Å². The molecule has 1 N–H and O–H groups in total. The summed E-state index contributed by atoms with van der Waals surface area (Å²) in [5, 5.41) is 4.61. The van der Waals surface area contributed by atoms with Gasteiger partial charge in [0.05, 0.1) is 6.61 Å². The van der Waals surface area contributed by atoms with Gasteiger partial charge in [0.15, 0.2) is 5.96 Å². The summed E-state index contributed by atoms with van der Waals surface area (Å²) >= 11 is 0. The van der Waals surface area contributed by atoms with E-state index in [0.717, 1.165) is 68.5 Å². The number of likely N-dealkylation sites (tertiary alicyclic amines) is 1. The molecule has 4 rings (SSSR count). The highest BCUT2D eigenvalue weighted by Crippen LogP contribution is 2.38. The van der Waals surface area contributed by atoms with E-state index in [2.05, 4.69) is 29.3 Å². The molecule has 3 heterocycles. The predicted molar refractivity (Wildman–Crippen MR) is 115 cm³/mol. The molecule has 1 spiro atoms. The Morgan fingerprint density at radius 1 is 1.31 bits per heavy atom. The Balaban J connectivity index is 0.00000196. The molecular formula is C20H28IN3O2. The van der Waals surface area contributed by atoms with Gasteiger partial charge in [-0.25, -0.2) is 0 Å². The summed E-state index contributed by atoms with van der Waals surface area (Å²) in [7, 11) is 0. The summed E-state index contributed by atoms with van der Waals surface area (Å²) in [5.74, 6) is 2.03. The topological polar surface area (TPSA) is 50.0 Å². The van der Waals surface area contributed by atoms with E-state index in [0.29, 0.717) is 5.41 Å². The third-order valence-corrected chi connectivity index (χ3v) is 5.35. The monoisotopic (exact) mass is 469 g/mol. The van der Waals surface area contributed by atoms with Crippen LogP contribution >= 0.6 is 24.0 Å². The second-order valence-electron chi connectivity index (χ2n) is 7.21. The molecule has 142 valence electrons. The Hall–Kier alpha value is -1.28. The maximum absolute atomic E-state index is 5.89. The lowest BCUT2D eigenvalue weighted by molar-refractivity contribution is 0.156. The highest BCUT2D eigenvalue weighted by atomic mass is 127. The molecule has 2 saturated heterocycles. The minimum atomic E-state index is 0. The zero-order chi connectivity index (χ0) is 17.1. The Labute approximate surface area is 172 Å². The molecule has 1 atom stereocenters. The first-order chi connectivity index (χ1) is 12.3. The molecule has 26 heavy (non-hydrogen) atoms. The van der Waals surface area contributed by atoms with Crippen LogP contribution in [0.1, 0.15) is 25.5 Å². The zero-order valence-corrected chi connectivity index (χ0v) is 17.7. The Morgan fingerprint density at radius 3 is 2.96 bits per heavy atom. The average Bonchev–Trinajstić information content (AvgIpc) is 3.35. The van der Waals surface area contributed by atoms with E-state index in [1.807, 2.05) is 18.2 Å². The number of benzene rings is 1. The number of nitrogens with zero attached hydrogens (tertiary/aromatic N) is 2. The number of para-hydroxylation sites is 1. The number of hydrogen-bond acceptors (Lipinski definition) is 3. The molecular weight excluding hydrogens is 441 g/mol. The van der Waals surface area contributed by atoms with Crippen LogP contribution in [-0.4, -0.2) is 50.3 Å². The number of fused-ring (bicyclic) bond motifs is 1. The van der Waals surface area contributed by atoms with Gasteiger partial charge in [-0.1, -0.05) is 18.2 Å².